The SMILES string of the molecule is COC(=O)C1CCCN1C(=O)OC(C)(C)C.Cl. The monoisotopic (exact) mass is 265 g/mol. The number of hydrogen-bond acceptors (Lipinski definition) is 4. The van der Waals surface area contributed by atoms with Crippen LogP contribution in [0.1, 0.15) is 33.6 Å². The van der Waals surface area contributed by atoms with E-state index in [4.69, 9.17) is 4.74 Å². The summed E-state index contributed by atoms with van der Waals surface area (Å²) >= 11 is 0. The molecular weight excluding hydrogens is 246 g/mol. The van der Waals surface area contributed by atoms with Crippen molar-refractivity contribution in [3.05, 3.63) is 0 Å². The van der Waals surface area contributed by atoms with Crippen molar-refractivity contribution >= 4 is 24.5 Å². The second-order valence-electron chi connectivity index (χ2n) is 4.85. The average molecular weight is 266 g/mol. The van der Waals surface area contributed by atoms with Gasteiger partial charge in [-0.25, -0.2) is 9.59 Å². The third kappa shape index (κ3) is 4.42. The molecule has 0 spiro atoms. The van der Waals surface area contributed by atoms with Crippen LogP contribution in [0, 0.1) is 0 Å². The van der Waals surface area contributed by atoms with Crippen LogP contribution in [0.3, 0.4) is 0 Å². The molecule has 0 N–H and O–H groups in total. The standard InChI is InChI=1S/C11H19NO4.ClH/c1-11(2,3)16-10(14)12-7-5-6-8(12)9(13)15-4;/h8H,5-7H2,1-4H3;1H. The number of ether oxygens (including phenoxy) is 2. The van der Waals surface area contributed by atoms with Crippen molar-refractivity contribution in [3.63, 3.8) is 0 Å². The van der Waals surface area contributed by atoms with E-state index in [1.165, 1.54) is 12.0 Å². The Kier molecular flexibility index (Phi) is 5.75. The van der Waals surface area contributed by atoms with Crippen LogP contribution in [0.25, 0.3) is 0 Å². The van der Waals surface area contributed by atoms with E-state index in [0.717, 1.165) is 6.42 Å². The fourth-order valence-electron chi connectivity index (χ4n) is 1.69. The molecule has 1 aliphatic heterocycles. The van der Waals surface area contributed by atoms with E-state index in [-0.39, 0.29) is 18.4 Å². The van der Waals surface area contributed by atoms with Crippen LogP contribution < -0.4 is 0 Å². The predicted octanol–water partition coefficient (Wildman–Crippen LogP) is 1.98. The zero-order chi connectivity index (χ0) is 12.3. The first-order valence-corrected chi connectivity index (χ1v) is 5.42. The molecule has 1 atom stereocenters. The zero-order valence-electron chi connectivity index (χ0n) is 10.7. The second-order valence-corrected chi connectivity index (χ2v) is 4.85. The van der Waals surface area contributed by atoms with Crippen molar-refractivity contribution in [2.24, 2.45) is 0 Å². The van der Waals surface area contributed by atoms with Crippen LogP contribution in [-0.4, -0.2) is 42.3 Å². The Balaban J connectivity index is 0.00000256. The fraction of sp³-hybridized carbons (Fsp3) is 0.818. The largest absolute Gasteiger partial charge is 0.467 e. The highest BCUT2D eigenvalue weighted by molar-refractivity contribution is 5.85. The Morgan fingerprint density at radius 1 is 1.29 bits per heavy atom. The second kappa shape index (κ2) is 6.10. The zero-order valence-corrected chi connectivity index (χ0v) is 11.5. The number of esters is 1. The number of methoxy groups -OCH3 is 1. The number of hydrogen-bond donors (Lipinski definition) is 0. The summed E-state index contributed by atoms with van der Waals surface area (Å²) in [6, 6.07) is -0.486. The third-order valence-corrected chi connectivity index (χ3v) is 2.35. The number of amides is 1. The van der Waals surface area contributed by atoms with Crippen LogP contribution in [0.2, 0.25) is 0 Å². The molecule has 1 unspecified atom stereocenters. The predicted molar refractivity (Wildman–Crippen MR) is 65.2 cm³/mol. The maximum atomic E-state index is 11.8. The van der Waals surface area contributed by atoms with E-state index in [1.54, 1.807) is 20.8 Å². The molecule has 6 heteroatoms. The maximum Gasteiger partial charge on any atom is 0.411 e. The van der Waals surface area contributed by atoms with Crippen LogP contribution in [-0.2, 0) is 14.3 Å². The molecule has 0 aromatic rings. The Hall–Kier alpha value is -0.970. The molecule has 0 bridgehead atoms. The van der Waals surface area contributed by atoms with Gasteiger partial charge in [0.1, 0.15) is 11.6 Å². The molecular formula is C11H20ClNO4. The number of carbonyl (C=O) groups is 2. The number of carbonyl (C=O) groups excluding carboxylic acids is 2. The minimum atomic E-state index is -0.541. The smallest absolute Gasteiger partial charge is 0.411 e. The van der Waals surface area contributed by atoms with Gasteiger partial charge in [-0.3, -0.25) is 4.90 Å². The topological polar surface area (TPSA) is 55.8 Å². The molecule has 5 nitrogen and oxygen atoms in total. The van der Waals surface area contributed by atoms with E-state index in [9.17, 15) is 9.59 Å². The number of likely N-dealkylation sites (tertiary alicyclic amines) is 1. The minimum Gasteiger partial charge on any atom is -0.467 e. The van der Waals surface area contributed by atoms with Gasteiger partial charge in [-0.2, -0.15) is 0 Å². The molecule has 0 radical (unpaired) electrons. The average Bonchev–Trinajstić information content (AvgIpc) is 2.62. The first-order valence-electron chi connectivity index (χ1n) is 5.42. The summed E-state index contributed by atoms with van der Waals surface area (Å²) in [5.74, 6) is -0.372. The van der Waals surface area contributed by atoms with E-state index < -0.39 is 17.7 Å². The molecule has 100 valence electrons. The molecule has 1 saturated heterocycles. The Morgan fingerprint density at radius 3 is 2.35 bits per heavy atom. The summed E-state index contributed by atoms with van der Waals surface area (Å²) in [4.78, 5) is 24.7. The molecule has 0 aromatic carbocycles. The van der Waals surface area contributed by atoms with Crippen molar-refractivity contribution < 1.29 is 19.1 Å². The number of nitrogens with zero attached hydrogens (tertiary/aromatic N) is 1. The van der Waals surface area contributed by atoms with Crippen molar-refractivity contribution in [3.8, 4) is 0 Å². The van der Waals surface area contributed by atoms with Crippen molar-refractivity contribution in [2.45, 2.75) is 45.3 Å². The molecule has 0 saturated carbocycles. The third-order valence-electron chi connectivity index (χ3n) is 2.35. The van der Waals surface area contributed by atoms with Crippen LogP contribution in [0.15, 0.2) is 0 Å². The molecule has 0 aliphatic carbocycles. The van der Waals surface area contributed by atoms with E-state index in [2.05, 4.69) is 4.74 Å². The summed E-state index contributed by atoms with van der Waals surface area (Å²) in [5, 5.41) is 0. The van der Waals surface area contributed by atoms with Gasteiger partial charge in [0.05, 0.1) is 7.11 Å². The lowest BCUT2D eigenvalue weighted by molar-refractivity contribution is -0.145. The minimum absolute atomic E-state index is 0. The summed E-state index contributed by atoms with van der Waals surface area (Å²) in [7, 11) is 1.33. The normalized spacial score (nSPS) is 19.5. The number of halogens is 1. The summed E-state index contributed by atoms with van der Waals surface area (Å²) in [5.41, 5.74) is -0.541. The van der Waals surface area contributed by atoms with Gasteiger partial charge in [0, 0.05) is 6.54 Å². The molecule has 1 fully saturated rings. The molecule has 0 aromatic heterocycles. The van der Waals surface area contributed by atoms with Gasteiger partial charge >= 0.3 is 12.1 Å². The number of rotatable bonds is 1. The van der Waals surface area contributed by atoms with Gasteiger partial charge in [0.25, 0.3) is 0 Å². The van der Waals surface area contributed by atoms with Crippen LogP contribution >= 0.6 is 12.4 Å². The highest BCUT2D eigenvalue weighted by Gasteiger charge is 2.37. The Bertz CT molecular complexity index is 288. The molecule has 1 heterocycles. The Morgan fingerprint density at radius 2 is 1.88 bits per heavy atom. The quantitative estimate of drug-likeness (QED) is 0.681. The highest BCUT2D eigenvalue weighted by atomic mass is 35.5. The van der Waals surface area contributed by atoms with Gasteiger partial charge in [0.15, 0.2) is 0 Å². The van der Waals surface area contributed by atoms with E-state index in [0.29, 0.717) is 13.0 Å². The highest BCUT2D eigenvalue weighted by Crippen LogP contribution is 2.21. The van der Waals surface area contributed by atoms with Gasteiger partial charge in [0.2, 0.25) is 0 Å². The summed E-state index contributed by atoms with van der Waals surface area (Å²) in [6.45, 7) is 5.95. The van der Waals surface area contributed by atoms with Crippen molar-refractivity contribution in [2.75, 3.05) is 13.7 Å². The van der Waals surface area contributed by atoms with Gasteiger partial charge in [-0.1, -0.05) is 0 Å². The Labute approximate surface area is 108 Å². The molecule has 1 aliphatic rings. The van der Waals surface area contributed by atoms with Gasteiger partial charge in [-0.15, -0.1) is 12.4 Å². The van der Waals surface area contributed by atoms with Crippen molar-refractivity contribution in [1.29, 1.82) is 0 Å². The van der Waals surface area contributed by atoms with Gasteiger partial charge < -0.3 is 9.47 Å². The molecule has 17 heavy (non-hydrogen) atoms. The summed E-state index contributed by atoms with van der Waals surface area (Å²) < 4.78 is 9.88. The maximum absolute atomic E-state index is 11.8. The molecule has 1 amide bonds. The first-order chi connectivity index (χ1) is 7.35. The van der Waals surface area contributed by atoms with Gasteiger partial charge in [-0.05, 0) is 33.6 Å². The van der Waals surface area contributed by atoms with E-state index in [1.807, 2.05) is 0 Å². The lowest BCUT2D eigenvalue weighted by Gasteiger charge is -2.27. The lowest BCUT2D eigenvalue weighted by atomic mass is 10.2. The fourth-order valence-corrected chi connectivity index (χ4v) is 1.69. The lowest BCUT2D eigenvalue weighted by Crippen LogP contribution is -2.43. The first kappa shape index (κ1) is 16.0. The van der Waals surface area contributed by atoms with Crippen molar-refractivity contribution in [1.82, 2.24) is 4.90 Å². The van der Waals surface area contributed by atoms with E-state index >= 15 is 0 Å². The summed E-state index contributed by atoms with van der Waals surface area (Å²) in [6.07, 6.45) is 1.01. The molecule has 1 rings (SSSR count). The van der Waals surface area contributed by atoms with Crippen LogP contribution in [0.4, 0.5) is 4.79 Å². The van der Waals surface area contributed by atoms with Crippen LogP contribution in [0.5, 0.6) is 0 Å².